The number of piperazine rings is 1. The van der Waals surface area contributed by atoms with Crippen molar-refractivity contribution in [2.24, 2.45) is 0 Å². The van der Waals surface area contributed by atoms with Gasteiger partial charge in [0.25, 0.3) is 0 Å². The van der Waals surface area contributed by atoms with Gasteiger partial charge in [-0.1, -0.05) is 30.8 Å². The number of hydrogen-bond acceptors (Lipinski definition) is 7. The Morgan fingerprint density at radius 3 is 2.71 bits per heavy atom. The van der Waals surface area contributed by atoms with Gasteiger partial charge in [0.15, 0.2) is 0 Å². The molecule has 0 spiro atoms. The Balaban J connectivity index is 1.31. The number of nitrogens with zero attached hydrogens (tertiary/aromatic N) is 4. The average Bonchev–Trinajstić information content (AvgIpc) is 3.35. The molecule has 8 heteroatoms. The van der Waals surface area contributed by atoms with Crippen molar-refractivity contribution in [2.45, 2.75) is 51.0 Å². The second kappa shape index (κ2) is 10.2. The normalized spacial score (nSPS) is 21.3. The van der Waals surface area contributed by atoms with Crippen molar-refractivity contribution >= 4 is 22.5 Å². The average molecular weight is 514 g/mol. The molecule has 1 amide bonds. The van der Waals surface area contributed by atoms with Gasteiger partial charge in [-0.25, -0.2) is 0 Å². The van der Waals surface area contributed by atoms with E-state index in [4.69, 9.17) is 14.7 Å². The van der Waals surface area contributed by atoms with Gasteiger partial charge in [0.1, 0.15) is 18.2 Å². The lowest BCUT2D eigenvalue weighted by Gasteiger charge is -2.38. The van der Waals surface area contributed by atoms with E-state index in [1.54, 1.807) is 0 Å². The van der Waals surface area contributed by atoms with Crippen LogP contribution in [0.2, 0.25) is 0 Å². The lowest BCUT2D eigenvalue weighted by atomic mass is 9.80. The van der Waals surface area contributed by atoms with E-state index in [2.05, 4.69) is 40.8 Å². The highest BCUT2D eigenvalue weighted by Crippen LogP contribution is 2.40. The van der Waals surface area contributed by atoms with Crippen LogP contribution in [0.15, 0.2) is 48.7 Å². The molecule has 198 valence electrons. The standard InChI is InChI=1S/C30H35N5O3/c1-19(2)34-11-13-35(14-12-34)29-25-9-7-21(26-17-23(36)15-20-5-3-4-6-24(20)26)16-27(25)32-30(33-29)38-18-22-8-10-28(37)31-22/h3-6,15,17,21-22,36H,1,7-14,16,18H2,2H3,(H,31,37). The molecule has 1 aliphatic carbocycles. The number of carbonyl (C=O) groups is 1. The first-order chi connectivity index (χ1) is 18.4. The zero-order valence-electron chi connectivity index (χ0n) is 21.9. The first-order valence-corrected chi connectivity index (χ1v) is 13.6. The van der Waals surface area contributed by atoms with E-state index in [1.807, 2.05) is 24.3 Å². The SMILES string of the molecule is C=C(C)N1CCN(c2nc(OCC3CCC(=O)N3)nc3c2CCC(c2cc(O)cc4ccccc24)C3)CC1. The Kier molecular flexibility index (Phi) is 6.55. The number of anilines is 1. The highest BCUT2D eigenvalue weighted by atomic mass is 16.5. The summed E-state index contributed by atoms with van der Waals surface area (Å²) in [5.41, 5.74) is 4.48. The maximum Gasteiger partial charge on any atom is 0.318 e. The minimum absolute atomic E-state index is 0.00361. The smallest absolute Gasteiger partial charge is 0.318 e. The Labute approximate surface area is 223 Å². The van der Waals surface area contributed by atoms with Gasteiger partial charge >= 0.3 is 6.01 Å². The number of nitrogens with one attached hydrogen (secondary N) is 1. The Morgan fingerprint density at radius 1 is 1.13 bits per heavy atom. The summed E-state index contributed by atoms with van der Waals surface area (Å²) < 4.78 is 6.10. The molecule has 2 unspecified atom stereocenters. The third-order valence-corrected chi connectivity index (χ3v) is 8.17. The molecular weight excluding hydrogens is 478 g/mol. The summed E-state index contributed by atoms with van der Waals surface area (Å²) in [6, 6.07) is 12.4. The van der Waals surface area contributed by atoms with Crippen LogP contribution in [0.5, 0.6) is 11.8 Å². The van der Waals surface area contributed by atoms with Gasteiger partial charge < -0.3 is 25.0 Å². The van der Waals surface area contributed by atoms with Crippen LogP contribution in [0, 0.1) is 0 Å². The third kappa shape index (κ3) is 4.87. The summed E-state index contributed by atoms with van der Waals surface area (Å²) in [5, 5.41) is 15.6. The van der Waals surface area contributed by atoms with Crippen molar-refractivity contribution in [3.63, 3.8) is 0 Å². The van der Waals surface area contributed by atoms with Gasteiger partial charge in [-0.3, -0.25) is 4.79 Å². The molecule has 0 saturated carbocycles. The summed E-state index contributed by atoms with van der Waals surface area (Å²) in [7, 11) is 0. The summed E-state index contributed by atoms with van der Waals surface area (Å²) in [6.45, 7) is 10.1. The van der Waals surface area contributed by atoms with Crippen molar-refractivity contribution in [2.75, 3.05) is 37.7 Å². The molecule has 6 rings (SSSR count). The maximum absolute atomic E-state index is 11.6. The summed E-state index contributed by atoms with van der Waals surface area (Å²) in [4.78, 5) is 26.1. The van der Waals surface area contributed by atoms with Gasteiger partial charge in [-0.2, -0.15) is 9.97 Å². The molecule has 2 atom stereocenters. The molecule has 3 aromatic rings. The van der Waals surface area contributed by atoms with Crippen molar-refractivity contribution in [3.8, 4) is 11.8 Å². The van der Waals surface area contributed by atoms with Crippen LogP contribution in [0.25, 0.3) is 10.8 Å². The van der Waals surface area contributed by atoms with Gasteiger partial charge in [0.2, 0.25) is 5.91 Å². The number of aromatic nitrogens is 2. The number of benzene rings is 2. The zero-order chi connectivity index (χ0) is 26.2. The minimum atomic E-state index is -0.00361. The number of carbonyl (C=O) groups excluding carboxylic acids is 1. The number of rotatable bonds is 6. The minimum Gasteiger partial charge on any atom is -0.508 e. The quantitative estimate of drug-likeness (QED) is 0.516. The molecule has 8 nitrogen and oxygen atoms in total. The molecule has 3 heterocycles. The van der Waals surface area contributed by atoms with E-state index in [0.29, 0.717) is 24.8 Å². The van der Waals surface area contributed by atoms with Gasteiger partial charge in [-0.05, 0) is 67.0 Å². The van der Waals surface area contributed by atoms with E-state index < -0.39 is 0 Å². The molecule has 2 fully saturated rings. The number of hydrogen-bond donors (Lipinski definition) is 2. The molecule has 2 N–H and O–H groups in total. The van der Waals surface area contributed by atoms with Crippen LogP contribution in [0.3, 0.4) is 0 Å². The van der Waals surface area contributed by atoms with Crippen LogP contribution >= 0.6 is 0 Å². The van der Waals surface area contributed by atoms with Crippen molar-refractivity contribution in [1.82, 2.24) is 20.2 Å². The first kappa shape index (κ1) is 24.5. The van der Waals surface area contributed by atoms with E-state index in [9.17, 15) is 9.90 Å². The second-order valence-corrected chi connectivity index (χ2v) is 10.8. The number of aromatic hydroxyl groups is 1. The fourth-order valence-corrected chi connectivity index (χ4v) is 6.10. The van der Waals surface area contributed by atoms with E-state index in [-0.39, 0.29) is 17.9 Å². The Bertz CT molecular complexity index is 1380. The highest BCUT2D eigenvalue weighted by molar-refractivity contribution is 5.87. The molecule has 2 aromatic carbocycles. The number of phenolic OH excluding ortho intramolecular Hbond substituents is 1. The fraction of sp³-hybridized carbons (Fsp3) is 0.433. The van der Waals surface area contributed by atoms with E-state index in [1.165, 1.54) is 10.9 Å². The lowest BCUT2D eigenvalue weighted by Crippen LogP contribution is -2.46. The van der Waals surface area contributed by atoms with Gasteiger partial charge in [-0.15, -0.1) is 0 Å². The lowest BCUT2D eigenvalue weighted by molar-refractivity contribution is -0.119. The zero-order valence-corrected chi connectivity index (χ0v) is 21.9. The van der Waals surface area contributed by atoms with Gasteiger partial charge in [0, 0.05) is 43.9 Å². The predicted molar refractivity (Wildman–Crippen MR) is 148 cm³/mol. The number of fused-ring (bicyclic) bond motifs is 2. The number of allylic oxidation sites excluding steroid dienone is 1. The fourth-order valence-electron chi connectivity index (χ4n) is 6.10. The number of ether oxygens (including phenoxy) is 1. The van der Waals surface area contributed by atoms with Crippen molar-refractivity contribution in [1.29, 1.82) is 0 Å². The van der Waals surface area contributed by atoms with Crippen LogP contribution in [-0.4, -0.2) is 64.7 Å². The largest absolute Gasteiger partial charge is 0.508 e. The molecule has 2 saturated heterocycles. The molecule has 38 heavy (non-hydrogen) atoms. The van der Waals surface area contributed by atoms with Crippen LogP contribution in [-0.2, 0) is 17.6 Å². The van der Waals surface area contributed by atoms with Crippen molar-refractivity contribution < 1.29 is 14.6 Å². The maximum atomic E-state index is 11.6. The third-order valence-electron chi connectivity index (χ3n) is 8.17. The highest BCUT2D eigenvalue weighted by Gasteiger charge is 2.30. The van der Waals surface area contributed by atoms with E-state index in [0.717, 1.165) is 80.0 Å². The Hall–Kier alpha value is -3.81. The van der Waals surface area contributed by atoms with Gasteiger partial charge in [0.05, 0.1) is 11.7 Å². The molecule has 2 aliphatic heterocycles. The molecule has 0 bridgehead atoms. The predicted octanol–water partition coefficient (Wildman–Crippen LogP) is 3.92. The van der Waals surface area contributed by atoms with Crippen LogP contribution in [0.4, 0.5) is 5.82 Å². The van der Waals surface area contributed by atoms with Crippen LogP contribution in [0.1, 0.15) is 48.9 Å². The molecule has 1 aromatic heterocycles. The molecule has 0 radical (unpaired) electrons. The first-order valence-electron chi connectivity index (χ1n) is 13.6. The molecule has 3 aliphatic rings. The summed E-state index contributed by atoms with van der Waals surface area (Å²) in [6.07, 6.45) is 3.92. The number of phenols is 1. The summed E-state index contributed by atoms with van der Waals surface area (Å²) in [5.74, 6) is 1.58. The van der Waals surface area contributed by atoms with Crippen LogP contribution < -0.4 is 15.0 Å². The summed E-state index contributed by atoms with van der Waals surface area (Å²) >= 11 is 0. The second-order valence-electron chi connectivity index (χ2n) is 10.8. The van der Waals surface area contributed by atoms with E-state index >= 15 is 0 Å². The monoisotopic (exact) mass is 513 g/mol. The number of amides is 1. The Morgan fingerprint density at radius 2 is 1.95 bits per heavy atom. The molecular formula is C30H35N5O3. The van der Waals surface area contributed by atoms with Crippen molar-refractivity contribution in [3.05, 3.63) is 65.5 Å². The topological polar surface area (TPSA) is 90.8 Å².